The average molecular weight is 393 g/mol. The Morgan fingerprint density at radius 1 is 1.24 bits per heavy atom. The van der Waals surface area contributed by atoms with E-state index >= 15 is 0 Å². The van der Waals surface area contributed by atoms with Crippen molar-refractivity contribution < 1.29 is 4.74 Å². The summed E-state index contributed by atoms with van der Waals surface area (Å²) in [6, 6.07) is 7.57. The number of ether oxygens (including phenoxy) is 1. The summed E-state index contributed by atoms with van der Waals surface area (Å²) in [7, 11) is 1.58. The zero-order valence-electron chi connectivity index (χ0n) is 11.3. The van der Waals surface area contributed by atoms with Gasteiger partial charge < -0.3 is 9.14 Å². The Labute approximate surface area is 135 Å². The second kappa shape index (κ2) is 6.17. The van der Waals surface area contributed by atoms with Crippen molar-refractivity contribution in [3.63, 3.8) is 0 Å². The summed E-state index contributed by atoms with van der Waals surface area (Å²) < 4.78 is 8.14. The van der Waals surface area contributed by atoms with E-state index in [1.54, 1.807) is 25.4 Å². The van der Waals surface area contributed by atoms with Crippen LogP contribution in [0.2, 0.25) is 0 Å². The van der Waals surface area contributed by atoms with Gasteiger partial charge in [0.25, 0.3) is 0 Å². The summed E-state index contributed by atoms with van der Waals surface area (Å²) in [5.41, 5.74) is 2.48. The number of halogens is 1. The summed E-state index contributed by atoms with van der Waals surface area (Å²) in [6.45, 7) is 0.435. The number of rotatable bonds is 4. The molecule has 0 aromatic carbocycles. The minimum Gasteiger partial charge on any atom is -0.481 e. The van der Waals surface area contributed by atoms with Crippen LogP contribution in [0.25, 0.3) is 5.65 Å². The topological polar surface area (TPSA) is 64.1 Å². The zero-order chi connectivity index (χ0) is 14.7. The highest BCUT2D eigenvalue weighted by atomic mass is 127. The Kier molecular flexibility index (Phi) is 4.09. The number of fused-ring (bicyclic) bond motifs is 1. The van der Waals surface area contributed by atoms with Crippen molar-refractivity contribution in [2.75, 3.05) is 7.11 Å². The summed E-state index contributed by atoms with van der Waals surface area (Å²) >= 11 is 2.27. The SMILES string of the molecule is COc1ccc(N=NCc2cn3cc(I)ccc3n2)cn1. The predicted octanol–water partition coefficient (Wildman–Crippen LogP) is 3.63. The van der Waals surface area contributed by atoms with Crippen LogP contribution in [0.4, 0.5) is 5.69 Å². The highest BCUT2D eigenvalue weighted by Crippen LogP contribution is 2.15. The molecule has 106 valence electrons. The molecule has 0 aliphatic rings. The van der Waals surface area contributed by atoms with Crippen molar-refractivity contribution in [3.05, 3.63) is 52.1 Å². The maximum Gasteiger partial charge on any atom is 0.213 e. The average Bonchev–Trinajstić information content (AvgIpc) is 2.89. The third kappa shape index (κ3) is 3.35. The van der Waals surface area contributed by atoms with Gasteiger partial charge in [-0.15, -0.1) is 0 Å². The molecule has 3 rings (SSSR count). The van der Waals surface area contributed by atoms with Gasteiger partial charge in [0.15, 0.2) is 0 Å². The van der Waals surface area contributed by atoms with Gasteiger partial charge in [-0.25, -0.2) is 9.97 Å². The third-order valence-electron chi connectivity index (χ3n) is 2.81. The summed E-state index contributed by atoms with van der Waals surface area (Å²) in [6.07, 6.45) is 5.61. The van der Waals surface area contributed by atoms with Crippen LogP contribution in [-0.4, -0.2) is 21.5 Å². The van der Waals surface area contributed by atoms with Gasteiger partial charge in [-0.2, -0.15) is 10.2 Å². The molecule has 3 aromatic heterocycles. The maximum absolute atomic E-state index is 4.99. The molecule has 3 aromatic rings. The number of hydrogen-bond donors (Lipinski definition) is 0. The number of methoxy groups -OCH3 is 1. The lowest BCUT2D eigenvalue weighted by Gasteiger charge is -1.96. The Balaban J connectivity index is 1.71. The molecule has 0 aliphatic carbocycles. The molecule has 0 saturated heterocycles. The van der Waals surface area contributed by atoms with E-state index in [9.17, 15) is 0 Å². The van der Waals surface area contributed by atoms with E-state index in [4.69, 9.17) is 4.74 Å². The van der Waals surface area contributed by atoms with E-state index in [1.807, 2.05) is 28.9 Å². The van der Waals surface area contributed by atoms with Gasteiger partial charge in [0.05, 0.1) is 19.0 Å². The van der Waals surface area contributed by atoms with Crippen molar-refractivity contribution in [1.82, 2.24) is 14.4 Å². The fourth-order valence-corrected chi connectivity index (χ4v) is 2.32. The van der Waals surface area contributed by atoms with Gasteiger partial charge >= 0.3 is 0 Å². The third-order valence-corrected chi connectivity index (χ3v) is 3.45. The Bertz CT molecular complexity index is 782. The van der Waals surface area contributed by atoms with E-state index in [1.165, 1.54) is 0 Å². The van der Waals surface area contributed by atoms with Crippen molar-refractivity contribution in [2.24, 2.45) is 10.2 Å². The first kappa shape index (κ1) is 13.9. The first-order valence-corrected chi connectivity index (χ1v) is 7.33. The number of imidazole rings is 1. The quantitative estimate of drug-likeness (QED) is 0.503. The van der Waals surface area contributed by atoms with Crippen LogP contribution >= 0.6 is 22.6 Å². The molecule has 0 saturated carbocycles. The van der Waals surface area contributed by atoms with Gasteiger partial charge in [0.2, 0.25) is 5.88 Å². The molecular formula is C14H12IN5O. The molecule has 0 unspecified atom stereocenters. The number of pyridine rings is 2. The fourth-order valence-electron chi connectivity index (χ4n) is 1.84. The molecule has 0 spiro atoms. The predicted molar refractivity (Wildman–Crippen MR) is 86.9 cm³/mol. The van der Waals surface area contributed by atoms with E-state index in [2.05, 4.69) is 42.8 Å². The molecule has 0 amide bonds. The minimum absolute atomic E-state index is 0.435. The maximum atomic E-state index is 4.99. The van der Waals surface area contributed by atoms with Gasteiger partial charge in [-0.1, -0.05) is 0 Å². The van der Waals surface area contributed by atoms with Gasteiger partial charge in [0, 0.05) is 22.0 Å². The Morgan fingerprint density at radius 2 is 2.14 bits per heavy atom. The van der Waals surface area contributed by atoms with Crippen molar-refractivity contribution in [2.45, 2.75) is 6.54 Å². The lowest BCUT2D eigenvalue weighted by Crippen LogP contribution is -1.84. The van der Waals surface area contributed by atoms with Crippen LogP contribution in [0, 0.1) is 3.57 Å². The molecule has 6 nitrogen and oxygen atoms in total. The van der Waals surface area contributed by atoms with Crippen molar-refractivity contribution in [3.8, 4) is 5.88 Å². The molecule has 21 heavy (non-hydrogen) atoms. The molecule has 0 atom stereocenters. The van der Waals surface area contributed by atoms with E-state index in [0.717, 1.165) is 14.9 Å². The molecule has 0 fully saturated rings. The molecule has 3 heterocycles. The molecule has 0 radical (unpaired) electrons. The Morgan fingerprint density at radius 3 is 2.90 bits per heavy atom. The summed E-state index contributed by atoms with van der Waals surface area (Å²) in [5, 5.41) is 8.27. The standard InChI is InChI=1S/C14H12IN5O/c1-21-14-5-3-11(6-16-14)19-17-7-12-9-20-8-10(15)2-4-13(20)18-12/h2-6,8-9H,7H2,1H3. The Hall–Kier alpha value is -2.03. The normalized spacial score (nSPS) is 11.3. The number of hydrogen-bond acceptors (Lipinski definition) is 5. The second-order valence-corrected chi connectivity index (χ2v) is 5.55. The van der Waals surface area contributed by atoms with Crippen LogP contribution in [0.1, 0.15) is 5.69 Å². The van der Waals surface area contributed by atoms with Crippen LogP contribution in [0.15, 0.2) is 53.1 Å². The zero-order valence-corrected chi connectivity index (χ0v) is 13.4. The van der Waals surface area contributed by atoms with E-state index < -0.39 is 0 Å². The van der Waals surface area contributed by atoms with Gasteiger partial charge in [-0.05, 0) is 40.8 Å². The van der Waals surface area contributed by atoms with Gasteiger partial charge in [-0.3, -0.25) is 0 Å². The first-order chi connectivity index (χ1) is 10.2. The van der Waals surface area contributed by atoms with E-state index in [0.29, 0.717) is 18.1 Å². The lowest BCUT2D eigenvalue weighted by molar-refractivity contribution is 0.398. The molecule has 0 aliphatic heterocycles. The smallest absolute Gasteiger partial charge is 0.213 e. The van der Waals surface area contributed by atoms with Crippen molar-refractivity contribution >= 4 is 33.9 Å². The largest absolute Gasteiger partial charge is 0.481 e. The minimum atomic E-state index is 0.435. The molecule has 7 heteroatoms. The number of aromatic nitrogens is 3. The number of nitrogens with zero attached hydrogens (tertiary/aromatic N) is 5. The summed E-state index contributed by atoms with van der Waals surface area (Å²) in [4.78, 5) is 8.55. The molecule has 0 N–H and O–H groups in total. The highest BCUT2D eigenvalue weighted by molar-refractivity contribution is 14.1. The molecular weight excluding hydrogens is 381 g/mol. The molecule has 0 bridgehead atoms. The van der Waals surface area contributed by atoms with E-state index in [-0.39, 0.29) is 0 Å². The fraction of sp³-hybridized carbons (Fsp3) is 0.143. The highest BCUT2D eigenvalue weighted by Gasteiger charge is 2.01. The van der Waals surface area contributed by atoms with Crippen LogP contribution in [0.5, 0.6) is 5.88 Å². The van der Waals surface area contributed by atoms with Crippen LogP contribution in [0.3, 0.4) is 0 Å². The first-order valence-electron chi connectivity index (χ1n) is 6.25. The van der Waals surface area contributed by atoms with Crippen molar-refractivity contribution in [1.29, 1.82) is 0 Å². The summed E-state index contributed by atoms with van der Waals surface area (Å²) in [5.74, 6) is 0.559. The van der Waals surface area contributed by atoms with Crippen LogP contribution < -0.4 is 4.74 Å². The lowest BCUT2D eigenvalue weighted by atomic mass is 10.4. The second-order valence-electron chi connectivity index (χ2n) is 4.30. The number of azo groups is 1. The van der Waals surface area contributed by atoms with Crippen LogP contribution in [-0.2, 0) is 6.54 Å². The van der Waals surface area contributed by atoms with Gasteiger partial charge in [0.1, 0.15) is 17.9 Å². The monoisotopic (exact) mass is 393 g/mol.